The predicted molar refractivity (Wildman–Crippen MR) is 181 cm³/mol. The Hall–Kier alpha value is -2.98. The van der Waals surface area contributed by atoms with Crippen molar-refractivity contribution in [1.82, 2.24) is 23.7 Å². The van der Waals surface area contributed by atoms with Crippen LogP contribution in [0.15, 0.2) is 48.8 Å². The molecule has 2 fully saturated rings. The summed E-state index contributed by atoms with van der Waals surface area (Å²) < 4.78 is 8.35. The molecule has 0 aliphatic carbocycles. The SMILES string of the molecule is CCOc1cc(N2CCC(N3CCN(C)CC3)CC2)c(C)cc1Nc1ncc(Cl)c(-c2cn(SCC)c3ccccc23)n1. The first-order chi connectivity index (χ1) is 20.9. The minimum absolute atomic E-state index is 0.487. The minimum atomic E-state index is 0.487. The summed E-state index contributed by atoms with van der Waals surface area (Å²) in [6, 6.07) is 13.4. The molecule has 4 aromatic rings. The van der Waals surface area contributed by atoms with Crippen LogP contribution in [0.3, 0.4) is 0 Å². The van der Waals surface area contributed by atoms with Gasteiger partial charge in [-0.2, -0.15) is 0 Å². The number of benzene rings is 2. The predicted octanol–water partition coefficient (Wildman–Crippen LogP) is 6.93. The van der Waals surface area contributed by atoms with E-state index in [1.54, 1.807) is 18.1 Å². The van der Waals surface area contributed by atoms with Crippen molar-refractivity contribution in [2.45, 2.75) is 39.7 Å². The second-order valence-corrected chi connectivity index (χ2v) is 13.1. The molecule has 6 rings (SSSR count). The topological polar surface area (TPSA) is 61.7 Å². The standard InChI is InChI=1S/C33H42ClN7OS/c1-5-42-31-20-30(40-13-11-24(12-14-40)39-17-15-38(4)16-18-39)23(3)19-28(31)36-33-35-21-27(34)32(37-33)26-22-41(43-6-2)29-10-8-7-9-25(26)29/h7-10,19-22,24H,5-6,11-18H2,1-4H3,(H,35,36,37). The summed E-state index contributed by atoms with van der Waals surface area (Å²) in [5.41, 5.74) is 6.14. The Morgan fingerprint density at radius 3 is 2.56 bits per heavy atom. The number of rotatable bonds is 9. The third-order valence-electron chi connectivity index (χ3n) is 8.65. The van der Waals surface area contributed by atoms with E-state index in [4.69, 9.17) is 21.3 Å². The van der Waals surface area contributed by atoms with Gasteiger partial charge in [0.05, 0.1) is 34.7 Å². The first-order valence-electron chi connectivity index (χ1n) is 15.4. The second-order valence-electron chi connectivity index (χ2n) is 11.4. The number of nitrogens with zero attached hydrogens (tertiary/aromatic N) is 6. The number of anilines is 3. The van der Waals surface area contributed by atoms with Gasteiger partial charge >= 0.3 is 0 Å². The number of nitrogens with one attached hydrogen (secondary N) is 1. The highest BCUT2D eigenvalue weighted by molar-refractivity contribution is 7.97. The molecule has 4 heterocycles. The molecule has 2 aromatic carbocycles. The van der Waals surface area contributed by atoms with Crippen LogP contribution in [-0.2, 0) is 0 Å². The first kappa shape index (κ1) is 30.1. The number of ether oxygens (including phenoxy) is 1. The molecule has 43 heavy (non-hydrogen) atoms. The quantitative estimate of drug-likeness (QED) is 0.216. The molecular formula is C33H42ClN7OS. The molecule has 0 saturated carbocycles. The maximum Gasteiger partial charge on any atom is 0.227 e. The Morgan fingerprint density at radius 1 is 1.05 bits per heavy atom. The van der Waals surface area contributed by atoms with Gasteiger partial charge in [0.15, 0.2) is 0 Å². The summed E-state index contributed by atoms with van der Waals surface area (Å²) in [5, 5.41) is 5.08. The number of piperidine rings is 1. The van der Waals surface area contributed by atoms with E-state index in [-0.39, 0.29) is 0 Å². The molecule has 10 heteroatoms. The van der Waals surface area contributed by atoms with Crippen LogP contribution >= 0.6 is 23.5 Å². The highest BCUT2D eigenvalue weighted by atomic mass is 35.5. The van der Waals surface area contributed by atoms with Gasteiger partial charge in [-0.25, -0.2) is 9.97 Å². The fraction of sp³-hybridized carbons (Fsp3) is 0.455. The maximum absolute atomic E-state index is 6.70. The molecule has 8 nitrogen and oxygen atoms in total. The average molecular weight is 620 g/mol. The van der Waals surface area contributed by atoms with Crippen molar-refractivity contribution in [2.24, 2.45) is 0 Å². The van der Waals surface area contributed by atoms with Crippen molar-refractivity contribution >= 4 is 51.8 Å². The van der Waals surface area contributed by atoms with Gasteiger partial charge in [-0.15, -0.1) is 0 Å². The van der Waals surface area contributed by atoms with Gasteiger partial charge in [0, 0.05) is 80.0 Å². The van der Waals surface area contributed by atoms with Crippen molar-refractivity contribution in [3.63, 3.8) is 0 Å². The van der Waals surface area contributed by atoms with Gasteiger partial charge in [-0.3, -0.25) is 8.87 Å². The summed E-state index contributed by atoms with van der Waals surface area (Å²) in [6.45, 7) is 13.8. The number of halogens is 1. The summed E-state index contributed by atoms with van der Waals surface area (Å²) >= 11 is 8.45. The molecular weight excluding hydrogens is 578 g/mol. The molecule has 0 bridgehead atoms. The van der Waals surface area contributed by atoms with Crippen LogP contribution in [0.2, 0.25) is 5.02 Å². The Kier molecular flexibility index (Phi) is 9.33. The third kappa shape index (κ3) is 6.45. The van der Waals surface area contributed by atoms with E-state index in [1.807, 2.05) is 6.92 Å². The number of likely N-dealkylation sites (N-methyl/N-ethyl adjacent to an activating group) is 1. The molecule has 2 aliphatic heterocycles. The maximum atomic E-state index is 6.70. The largest absolute Gasteiger partial charge is 0.492 e. The van der Waals surface area contributed by atoms with Crippen LogP contribution < -0.4 is 15.0 Å². The van der Waals surface area contributed by atoms with Crippen LogP contribution in [-0.4, -0.2) is 88.5 Å². The van der Waals surface area contributed by atoms with Crippen molar-refractivity contribution in [1.29, 1.82) is 0 Å². The van der Waals surface area contributed by atoms with E-state index in [1.165, 1.54) is 50.3 Å². The molecule has 2 aliphatic rings. The zero-order valence-corrected chi connectivity index (χ0v) is 27.2. The Labute approximate surface area is 264 Å². The molecule has 0 amide bonds. The number of hydrogen-bond donors (Lipinski definition) is 1. The van der Waals surface area contributed by atoms with Crippen LogP contribution in [0.25, 0.3) is 22.2 Å². The first-order valence-corrected chi connectivity index (χ1v) is 16.8. The van der Waals surface area contributed by atoms with Crippen LogP contribution in [0.5, 0.6) is 5.75 Å². The number of fused-ring (bicyclic) bond motifs is 1. The van der Waals surface area contributed by atoms with Gasteiger partial charge < -0.3 is 19.9 Å². The van der Waals surface area contributed by atoms with Crippen LogP contribution in [0, 0.1) is 6.92 Å². The fourth-order valence-corrected chi connectivity index (χ4v) is 7.32. The second kappa shape index (κ2) is 13.3. The van der Waals surface area contributed by atoms with E-state index < -0.39 is 0 Å². The van der Waals surface area contributed by atoms with E-state index >= 15 is 0 Å². The van der Waals surface area contributed by atoms with Gasteiger partial charge in [0.25, 0.3) is 0 Å². The summed E-state index contributed by atoms with van der Waals surface area (Å²) in [6.07, 6.45) is 6.19. The monoisotopic (exact) mass is 619 g/mol. The molecule has 2 aromatic heterocycles. The normalized spacial score (nSPS) is 17.1. The summed E-state index contributed by atoms with van der Waals surface area (Å²) in [5.74, 6) is 2.26. The fourth-order valence-electron chi connectivity index (χ4n) is 6.37. The van der Waals surface area contributed by atoms with Crippen molar-refractivity contribution in [3.8, 4) is 17.0 Å². The van der Waals surface area contributed by atoms with Crippen molar-refractivity contribution < 1.29 is 4.74 Å². The van der Waals surface area contributed by atoms with Gasteiger partial charge in [-0.05, 0) is 63.4 Å². The lowest BCUT2D eigenvalue weighted by atomic mass is 10.0. The Bertz CT molecular complexity index is 1560. The van der Waals surface area contributed by atoms with E-state index in [9.17, 15) is 0 Å². The van der Waals surface area contributed by atoms with Crippen molar-refractivity contribution in [2.75, 3.05) is 68.9 Å². The highest BCUT2D eigenvalue weighted by Crippen LogP contribution is 2.38. The lowest BCUT2D eigenvalue weighted by Crippen LogP contribution is -2.52. The minimum Gasteiger partial charge on any atom is -0.492 e. The molecule has 2 saturated heterocycles. The number of para-hydroxylation sites is 1. The van der Waals surface area contributed by atoms with E-state index in [0.29, 0.717) is 29.3 Å². The van der Waals surface area contributed by atoms with E-state index in [2.05, 4.69) is 92.5 Å². The highest BCUT2D eigenvalue weighted by Gasteiger charge is 2.28. The van der Waals surface area contributed by atoms with Crippen LogP contribution in [0.4, 0.5) is 17.3 Å². The Balaban J connectivity index is 1.23. The third-order valence-corrected chi connectivity index (χ3v) is 9.76. The van der Waals surface area contributed by atoms with Crippen LogP contribution in [0.1, 0.15) is 32.3 Å². The van der Waals surface area contributed by atoms with Crippen molar-refractivity contribution in [3.05, 3.63) is 59.4 Å². The average Bonchev–Trinajstić information content (AvgIpc) is 3.38. The molecule has 0 spiro atoms. The lowest BCUT2D eigenvalue weighted by molar-refractivity contribution is 0.0982. The van der Waals surface area contributed by atoms with Gasteiger partial charge in [0.1, 0.15) is 5.75 Å². The number of hydrogen-bond acceptors (Lipinski definition) is 8. The zero-order chi connectivity index (χ0) is 29.9. The van der Waals surface area contributed by atoms with Gasteiger partial charge in [0.2, 0.25) is 5.95 Å². The summed E-state index contributed by atoms with van der Waals surface area (Å²) in [4.78, 5) is 17.1. The molecule has 228 valence electrons. The number of aryl methyl sites for hydroxylation is 1. The molecule has 0 radical (unpaired) electrons. The summed E-state index contributed by atoms with van der Waals surface area (Å²) in [7, 11) is 2.22. The number of piperazine rings is 1. The molecule has 0 atom stereocenters. The molecule has 1 N–H and O–H groups in total. The Morgan fingerprint density at radius 2 is 1.81 bits per heavy atom. The lowest BCUT2D eigenvalue weighted by Gasteiger charge is -2.43. The van der Waals surface area contributed by atoms with E-state index in [0.717, 1.165) is 46.7 Å². The van der Waals surface area contributed by atoms with Gasteiger partial charge in [-0.1, -0.05) is 36.7 Å². The smallest absolute Gasteiger partial charge is 0.227 e. The molecule has 0 unspecified atom stereocenters. The zero-order valence-electron chi connectivity index (χ0n) is 25.6. The number of aromatic nitrogens is 3.